The highest BCUT2D eigenvalue weighted by Crippen LogP contribution is 2.54. The standard InChI is InChI=1S/C16H21NO4S/c18-15(19)14(13-4-2-1-3-5-13)17-22(20,21)11-16-8-6-12(10-16)7-9-16/h1-5,12,14,17H,6-11H2,(H,18,19)/t12?,14-,16?/m0/s1. The van der Waals surface area contributed by atoms with Crippen molar-refractivity contribution in [2.24, 2.45) is 11.3 Å². The quantitative estimate of drug-likeness (QED) is 0.841. The first-order valence-corrected chi connectivity index (χ1v) is 9.32. The lowest BCUT2D eigenvalue weighted by atomic mass is 9.87. The van der Waals surface area contributed by atoms with Crippen LogP contribution in [-0.4, -0.2) is 25.2 Å². The fourth-order valence-corrected chi connectivity index (χ4v) is 5.94. The van der Waals surface area contributed by atoms with Gasteiger partial charge >= 0.3 is 5.97 Å². The number of hydrogen-bond acceptors (Lipinski definition) is 3. The second-order valence-corrected chi connectivity index (χ2v) is 8.46. The summed E-state index contributed by atoms with van der Waals surface area (Å²) < 4.78 is 27.4. The number of carbonyl (C=O) groups is 1. The van der Waals surface area contributed by atoms with E-state index in [0.29, 0.717) is 11.5 Å². The molecular formula is C16H21NO4S. The molecule has 0 unspecified atom stereocenters. The van der Waals surface area contributed by atoms with Crippen molar-refractivity contribution in [3.63, 3.8) is 0 Å². The van der Waals surface area contributed by atoms with Crippen LogP contribution in [0, 0.1) is 11.3 Å². The zero-order chi connectivity index (χ0) is 15.8. The Balaban J connectivity index is 1.76. The normalized spacial score (nSPS) is 28.6. The van der Waals surface area contributed by atoms with Gasteiger partial charge in [0.2, 0.25) is 10.0 Å². The molecule has 1 atom stereocenters. The minimum absolute atomic E-state index is 0.0487. The molecule has 0 aromatic heterocycles. The molecule has 2 aliphatic carbocycles. The Labute approximate surface area is 130 Å². The summed E-state index contributed by atoms with van der Waals surface area (Å²) in [4.78, 5) is 11.4. The van der Waals surface area contributed by atoms with Crippen molar-refractivity contribution < 1.29 is 18.3 Å². The van der Waals surface area contributed by atoms with E-state index in [2.05, 4.69) is 4.72 Å². The SMILES string of the molecule is O=C(O)[C@@H](NS(=O)(=O)CC12CCC(CC1)C2)c1ccccc1. The largest absolute Gasteiger partial charge is 0.480 e. The number of carboxylic acids is 1. The van der Waals surface area contributed by atoms with Crippen molar-refractivity contribution >= 4 is 16.0 Å². The Kier molecular flexibility index (Phi) is 3.99. The van der Waals surface area contributed by atoms with Gasteiger partial charge in [-0.2, -0.15) is 4.72 Å². The third-order valence-corrected chi connectivity index (χ3v) is 6.65. The summed E-state index contributed by atoms with van der Waals surface area (Å²) >= 11 is 0. The molecular weight excluding hydrogens is 302 g/mol. The van der Waals surface area contributed by atoms with E-state index in [4.69, 9.17) is 0 Å². The first-order valence-electron chi connectivity index (χ1n) is 7.67. The highest BCUT2D eigenvalue weighted by atomic mass is 32.2. The number of benzene rings is 1. The molecule has 2 aliphatic rings. The van der Waals surface area contributed by atoms with E-state index >= 15 is 0 Å². The maximum Gasteiger partial charge on any atom is 0.326 e. The molecule has 0 aliphatic heterocycles. The van der Waals surface area contributed by atoms with Gasteiger partial charge in [0, 0.05) is 0 Å². The number of carboxylic acid groups (broad SMARTS) is 1. The van der Waals surface area contributed by atoms with Gasteiger partial charge in [0.15, 0.2) is 0 Å². The topological polar surface area (TPSA) is 83.5 Å². The van der Waals surface area contributed by atoms with Crippen LogP contribution < -0.4 is 4.72 Å². The van der Waals surface area contributed by atoms with Crippen LogP contribution in [-0.2, 0) is 14.8 Å². The molecule has 0 radical (unpaired) electrons. The van der Waals surface area contributed by atoms with Crippen molar-refractivity contribution in [2.75, 3.05) is 5.75 Å². The predicted molar refractivity (Wildman–Crippen MR) is 82.7 cm³/mol. The van der Waals surface area contributed by atoms with Gasteiger partial charge < -0.3 is 5.11 Å². The lowest BCUT2D eigenvalue weighted by Crippen LogP contribution is -2.39. The van der Waals surface area contributed by atoms with E-state index < -0.39 is 22.0 Å². The molecule has 2 N–H and O–H groups in total. The van der Waals surface area contributed by atoms with E-state index in [1.807, 2.05) is 0 Å². The van der Waals surface area contributed by atoms with Crippen molar-refractivity contribution in [3.05, 3.63) is 35.9 Å². The minimum Gasteiger partial charge on any atom is -0.480 e. The predicted octanol–water partition coefficient (Wildman–Crippen LogP) is 2.31. The Morgan fingerprint density at radius 2 is 1.91 bits per heavy atom. The second kappa shape index (κ2) is 5.66. The summed E-state index contributed by atoms with van der Waals surface area (Å²) in [6.45, 7) is 0. The van der Waals surface area contributed by atoms with Crippen molar-refractivity contribution in [3.8, 4) is 0 Å². The summed E-state index contributed by atoms with van der Waals surface area (Å²) in [5.74, 6) is -0.463. The molecule has 2 bridgehead atoms. The third-order valence-electron chi connectivity index (χ3n) is 5.06. The molecule has 5 nitrogen and oxygen atoms in total. The molecule has 120 valence electrons. The van der Waals surface area contributed by atoms with Crippen molar-refractivity contribution in [1.29, 1.82) is 0 Å². The van der Waals surface area contributed by atoms with Gasteiger partial charge in [-0.25, -0.2) is 8.42 Å². The first-order chi connectivity index (χ1) is 10.4. The summed E-state index contributed by atoms with van der Waals surface area (Å²) in [6.07, 6.45) is 5.08. The molecule has 1 aromatic carbocycles. The van der Waals surface area contributed by atoms with E-state index in [0.717, 1.165) is 32.1 Å². The van der Waals surface area contributed by atoms with Crippen molar-refractivity contribution in [2.45, 2.75) is 38.1 Å². The summed E-state index contributed by atoms with van der Waals surface area (Å²) in [5.41, 5.74) is 0.322. The monoisotopic (exact) mass is 323 g/mol. The van der Waals surface area contributed by atoms with Gasteiger partial charge in [-0.15, -0.1) is 0 Å². The maximum atomic E-state index is 12.5. The van der Waals surface area contributed by atoms with Crippen LogP contribution in [0.4, 0.5) is 0 Å². The Hall–Kier alpha value is -1.40. The average molecular weight is 323 g/mol. The molecule has 3 rings (SSSR count). The summed E-state index contributed by atoms with van der Waals surface area (Å²) in [5, 5.41) is 9.35. The Bertz CT molecular complexity index is 648. The molecule has 22 heavy (non-hydrogen) atoms. The number of sulfonamides is 1. The highest BCUT2D eigenvalue weighted by molar-refractivity contribution is 7.89. The Morgan fingerprint density at radius 1 is 1.27 bits per heavy atom. The smallest absolute Gasteiger partial charge is 0.326 e. The van der Waals surface area contributed by atoms with E-state index in [-0.39, 0.29) is 11.2 Å². The van der Waals surface area contributed by atoms with Crippen LogP contribution >= 0.6 is 0 Å². The van der Waals surface area contributed by atoms with Gasteiger partial charge in [0.05, 0.1) is 5.75 Å². The summed E-state index contributed by atoms with van der Waals surface area (Å²) in [7, 11) is -3.63. The molecule has 0 heterocycles. The average Bonchev–Trinajstić information content (AvgIpc) is 3.04. The number of rotatable bonds is 6. The van der Waals surface area contributed by atoms with Crippen molar-refractivity contribution in [1.82, 2.24) is 4.72 Å². The highest BCUT2D eigenvalue weighted by Gasteiger charge is 2.47. The first kappa shape index (κ1) is 15.5. The maximum absolute atomic E-state index is 12.5. The van der Waals surface area contributed by atoms with Gasteiger partial charge in [-0.05, 0) is 49.0 Å². The number of fused-ring (bicyclic) bond motifs is 2. The number of hydrogen-bond donors (Lipinski definition) is 2. The Morgan fingerprint density at radius 3 is 2.41 bits per heavy atom. The second-order valence-electron chi connectivity index (χ2n) is 6.71. The van der Waals surface area contributed by atoms with Crippen LogP contribution in [0.25, 0.3) is 0 Å². The zero-order valence-corrected chi connectivity index (χ0v) is 13.2. The lowest BCUT2D eigenvalue weighted by molar-refractivity contribution is -0.139. The third kappa shape index (κ3) is 3.17. The van der Waals surface area contributed by atoms with Gasteiger partial charge in [-0.3, -0.25) is 4.79 Å². The van der Waals surface area contributed by atoms with E-state index in [9.17, 15) is 18.3 Å². The molecule has 0 saturated heterocycles. The fourth-order valence-electron chi connectivity index (χ4n) is 4.04. The van der Waals surface area contributed by atoms with Crippen LogP contribution in [0.1, 0.15) is 43.7 Å². The van der Waals surface area contributed by atoms with E-state index in [1.54, 1.807) is 30.3 Å². The van der Waals surface area contributed by atoms with Gasteiger partial charge in [0.25, 0.3) is 0 Å². The summed E-state index contributed by atoms with van der Waals surface area (Å²) in [6, 6.07) is 7.21. The molecule has 0 amide bonds. The zero-order valence-electron chi connectivity index (χ0n) is 12.4. The van der Waals surface area contributed by atoms with Crippen LogP contribution in [0.2, 0.25) is 0 Å². The fraction of sp³-hybridized carbons (Fsp3) is 0.562. The van der Waals surface area contributed by atoms with Gasteiger partial charge in [-0.1, -0.05) is 30.3 Å². The molecule has 0 spiro atoms. The molecule has 2 fully saturated rings. The number of nitrogens with one attached hydrogen (secondary N) is 1. The van der Waals surface area contributed by atoms with Crippen LogP contribution in [0.5, 0.6) is 0 Å². The molecule has 2 saturated carbocycles. The minimum atomic E-state index is -3.63. The van der Waals surface area contributed by atoms with E-state index in [1.165, 1.54) is 0 Å². The molecule has 6 heteroatoms. The number of aliphatic carboxylic acids is 1. The lowest BCUT2D eigenvalue weighted by Gasteiger charge is -2.27. The van der Waals surface area contributed by atoms with Crippen LogP contribution in [0.3, 0.4) is 0 Å². The van der Waals surface area contributed by atoms with Gasteiger partial charge in [0.1, 0.15) is 6.04 Å². The van der Waals surface area contributed by atoms with Crippen LogP contribution in [0.15, 0.2) is 30.3 Å². The molecule has 1 aromatic rings.